The van der Waals surface area contributed by atoms with Gasteiger partial charge in [-0.2, -0.15) is 0 Å². The van der Waals surface area contributed by atoms with Gasteiger partial charge in [-0.25, -0.2) is 4.39 Å². The molecule has 0 aliphatic rings. The van der Waals surface area contributed by atoms with E-state index >= 15 is 0 Å². The monoisotopic (exact) mass is 183 g/mol. The molecule has 1 rings (SSSR count). The van der Waals surface area contributed by atoms with Gasteiger partial charge in [0.2, 0.25) is 0 Å². The van der Waals surface area contributed by atoms with Gasteiger partial charge in [0, 0.05) is 6.20 Å². The molecule has 13 heavy (non-hydrogen) atoms. The second-order valence-corrected chi connectivity index (χ2v) is 4.14. The number of aliphatic hydroxyl groups excluding tert-OH is 1. The summed E-state index contributed by atoms with van der Waals surface area (Å²) in [7, 11) is 0. The van der Waals surface area contributed by atoms with Crippen molar-refractivity contribution in [1.82, 2.24) is 4.98 Å². The Kier molecular flexibility index (Phi) is 2.66. The van der Waals surface area contributed by atoms with Crippen LogP contribution in [0, 0.1) is 11.2 Å². The lowest BCUT2D eigenvalue weighted by atomic mass is 9.87. The van der Waals surface area contributed by atoms with Crippen molar-refractivity contribution < 1.29 is 9.50 Å². The molecule has 1 aromatic heterocycles. The van der Waals surface area contributed by atoms with E-state index in [-0.39, 0.29) is 5.69 Å². The highest BCUT2D eigenvalue weighted by Crippen LogP contribution is 2.32. The van der Waals surface area contributed by atoms with Crippen LogP contribution in [0.2, 0.25) is 0 Å². The summed E-state index contributed by atoms with van der Waals surface area (Å²) in [6.07, 6.45) is 0.613. The highest BCUT2D eigenvalue weighted by atomic mass is 19.1. The minimum absolute atomic E-state index is 0.120. The number of aliphatic hydroxyl groups is 1. The van der Waals surface area contributed by atoms with E-state index in [4.69, 9.17) is 0 Å². The van der Waals surface area contributed by atoms with Gasteiger partial charge < -0.3 is 5.11 Å². The lowest BCUT2D eigenvalue weighted by Gasteiger charge is -2.25. The summed E-state index contributed by atoms with van der Waals surface area (Å²) >= 11 is 0. The van der Waals surface area contributed by atoms with Crippen LogP contribution in [0.4, 0.5) is 4.39 Å². The highest BCUT2D eigenvalue weighted by molar-refractivity contribution is 5.11. The van der Waals surface area contributed by atoms with Crippen LogP contribution >= 0.6 is 0 Å². The molecule has 0 amide bonds. The van der Waals surface area contributed by atoms with Gasteiger partial charge in [0.15, 0.2) is 0 Å². The lowest BCUT2D eigenvalue weighted by Crippen LogP contribution is -2.20. The Bertz CT molecular complexity index is 293. The molecule has 1 heterocycles. The fourth-order valence-corrected chi connectivity index (χ4v) is 1.01. The molecule has 0 saturated carbocycles. The predicted molar refractivity (Wildman–Crippen MR) is 48.6 cm³/mol. The number of aromatic nitrogens is 1. The van der Waals surface area contributed by atoms with E-state index in [1.165, 1.54) is 18.3 Å². The zero-order chi connectivity index (χ0) is 10.1. The summed E-state index contributed by atoms with van der Waals surface area (Å²) in [4.78, 5) is 3.82. The highest BCUT2D eigenvalue weighted by Gasteiger charge is 2.27. The molecule has 0 radical (unpaired) electrons. The first-order valence-electron chi connectivity index (χ1n) is 4.21. The quantitative estimate of drug-likeness (QED) is 0.724. The number of nitrogens with zero attached hydrogens (tertiary/aromatic N) is 1. The Hall–Kier alpha value is -0.960. The van der Waals surface area contributed by atoms with Crippen molar-refractivity contribution in [3.8, 4) is 0 Å². The summed E-state index contributed by atoms with van der Waals surface area (Å²) in [6.45, 7) is 5.52. The molecule has 0 aliphatic heterocycles. The molecule has 2 nitrogen and oxygen atoms in total. The fraction of sp³-hybridized carbons (Fsp3) is 0.500. The summed E-state index contributed by atoms with van der Waals surface area (Å²) in [5.74, 6) is -0.454. The Labute approximate surface area is 77.4 Å². The SMILES string of the molecule is CC(C)(C)C(O)c1ncccc1F. The summed E-state index contributed by atoms with van der Waals surface area (Å²) in [6, 6.07) is 2.81. The van der Waals surface area contributed by atoms with Gasteiger partial charge in [0.05, 0.1) is 0 Å². The maximum Gasteiger partial charge on any atom is 0.147 e. The first kappa shape index (κ1) is 10.1. The van der Waals surface area contributed by atoms with Crippen molar-refractivity contribution in [2.75, 3.05) is 0 Å². The second kappa shape index (κ2) is 3.42. The molecular weight excluding hydrogens is 169 g/mol. The number of rotatable bonds is 1. The molecule has 0 aromatic carbocycles. The number of halogens is 1. The Morgan fingerprint density at radius 3 is 2.54 bits per heavy atom. The van der Waals surface area contributed by atoms with Gasteiger partial charge in [0.1, 0.15) is 17.6 Å². The molecule has 1 atom stereocenters. The zero-order valence-electron chi connectivity index (χ0n) is 8.08. The topological polar surface area (TPSA) is 33.1 Å². The second-order valence-electron chi connectivity index (χ2n) is 4.14. The van der Waals surface area contributed by atoms with Crippen molar-refractivity contribution in [3.63, 3.8) is 0 Å². The van der Waals surface area contributed by atoms with Crippen molar-refractivity contribution in [2.24, 2.45) is 5.41 Å². The molecule has 1 aromatic rings. The third-order valence-corrected chi connectivity index (χ3v) is 1.87. The van der Waals surface area contributed by atoms with E-state index in [1.807, 2.05) is 20.8 Å². The van der Waals surface area contributed by atoms with Crippen LogP contribution in [0.5, 0.6) is 0 Å². The minimum Gasteiger partial charge on any atom is -0.386 e. The number of hydrogen-bond acceptors (Lipinski definition) is 2. The summed E-state index contributed by atoms with van der Waals surface area (Å²) in [5, 5.41) is 9.74. The molecule has 1 unspecified atom stereocenters. The molecular formula is C10H14FNO. The normalized spacial score (nSPS) is 14.2. The minimum atomic E-state index is -0.867. The van der Waals surface area contributed by atoms with Crippen LogP contribution in [0.15, 0.2) is 18.3 Å². The molecule has 0 aliphatic carbocycles. The first-order chi connectivity index (χ1) is 5.93. The van der Waals surface area contributed by atoms with Gasteiger partial charge in [-0.3, -0.25) is 4.98 Å². The van der Waals surface area contributed by atoms with Crippen LogP contribution in [-0.2, 0) is 0 Å². The van der Waals surface area contributed by atoms with Crippen LogP contribution in [0.25, 0.3) is 0 Å². The van der Waals surface area contributed by atoms with Crippen molar-refractivity contribution in [1.29, 1.82) is 0 Å². The van der Waals surface area contributed by atoms with Crippen LogP contribution < -0.4 is 0 Å². The molecule has 72 valence electrons. The van der Waals surface area contributed by atoms with Crippen LogP contribution in [0.3, 0.4) is 0 Å². The van der Waals surface area contributed by atoms with Gasteiger partial charge in [0.25, 0.3) is 0 Å². The molecule has 0 bridgehead atoms. The van der Waals surface area contributed by atoms with Gasteiger partial charge in [-0.05, 0) is 17.5 Å². The molecule has 1 N–H and O–H groups in total. The Balaban J connectivity index is 3.02. The maximum atomic E-state index is 13.1. The van der Waals surface area contributed by atoms with E-state index in [9.17, 15) is 9.50 Å². The van der Waals surface area contributed by atoms with E-state index in [1.54, 1.807) is 0 Å². The van der Waals surface area contributed by atoms with Crippen molar-refractivity contribution in [2.45, 2.75) is 26.9 Å². The lowest BCUT2D eigenvalue weighted by molar-refractivity contribution is 0.0554. The van der Waals surface area contributed by atoms with Crippen LogP contribution in [0.1, 0.15) is 32.6 Å². The molecule has 0 spiro atoms. The van der Waals surface area contributed by atoms with Crippen LogP contribution in [-0.4, -0.2) is 10.1 Å². The van der Waals surface area contributed by atoms with Gasteiger partial charge in [-0.1, -0.05) is 20.8 Å². The van der Waals surface area contributed by atoms with E-state index in [0.717, 1.165) is 0 Å². The third kappa shape index (κ3) is 2.25. The van der Waals surface area contributed by atoms with E-state index in [0.29, 0.717) is 0 Å². The molecule has 0 fully saturated rings. The van der Waals surface area contributed by atoms with Crippen molar-refractivity contribution >= 4 is 0 Å². The summed E-state index contributed by atoms with van der Waals surface area (Å²) < 4.78 is 13.1. The number of hydrogen-bond donors (Lipinski definition) is 1. The first-order valence-corrected chi connectivity index (χ1v) is 4.21. The molecule has 0 saturated heterocycles. The van der Waals surface area contributed by atoms with E-state index in [2.05, 4.69) is 4.98 Å². The average Bonchev–Trinajstić information content (AvgIpc) is 2.02. The largest absolute Gasteiger partial charge is 0.386 e. The van der Waals surface area contributed by atoms with Crippen molar-refractivity contribution in [3.05, 3.63) is 29.8 Å². The zero-order valence-corrected chi connectivity index (χ0v) is 8.08. The summed E-state index contributed by atoms with van der Waals surface area (Å²) in [5.41, 5.74) is -0.273. The standard InChI is InChI=1S/C10H14FNO/c1-10(2,3)9(13)8-7(11)5-4-6-12-8/h4-6,9,13H,1-3H3. The maximum absolute atomic E-state index is 13.1. The Morgan fingerprint density at radius 2 is 2.08 bits per heavy atom. The van der Waals surface area contributed by atoms with Gasteiger partial charge >= 0.3 is 0 Å². The van der Waals surface area contributed by atoms with Gasteiger partial charge in [-0.15, -0.1) is 0 Å². The number of pyridine rings is 1. The fourth-order valence-electron chi connectivity index (χ4n) is 1.01. The predicted octanol–water partition coefficient (Wildman–Crippen LogP) is 2.30. The molecule has 3 heteroatoms. The third-order valence-electron chi connectivity index (χ3n) is 1.87. The van der Waals surface area contributed by atoms with E-state index < -0.39 is 17.3 Å². The Morgan fingerprint density at radius 1 is 1.46 bits per heavy atom. The average molecular weight is 183 g/mol. The smallest absolute Gasteiger partial charge is 0.147 e.